The molecule has 214 valence electrons. The van der Waals surface area contributed by atoms with E-state index in [2.05, 4.69) is 41.0 Å². The second kappa shape index (κ2) is 12.6. The molecule has 3 N–H and O–H groups in total. The summed E-state index contributed by atoms with van der Waals surface area (Å²) in [6, 6.07) is 9.19. The molecule has 5 rings (SSSR count). The average Bonchev–Trinajstić information content (AvgIpc) is 3.56. The van der Waals surface area contributed by atoms with Crippen LogP contribution in [0.2, 0.25) is 10.0 Å². The Morgan fingerprint density at radius 1 is 1.22 bits per heavy atom. The van der Waals surface area contributed by atoms with Crippen LogP contribution in [0.4, 0.5) is 10.2 Å². The lowest BCUT2D eigenvalue weighted by Gasteiger charge is -2.32. The van der Waals surface area contributed by atoms with E-state index < -0.39 is 11.7 Å². The van der Waals surface area contributed by atoms with Crippen LogP contribution >= 0.6 is 23.2 Å². The molecule has 3 heterocycles. The molecule has 41 heavy (non-hydrogen) atoms. The fourth-order valence-corrected chi connectivity index (χ4v) is 4.53. The normalized spacial score (nSPS) is 14.5. The highest BCUT2D eigenvalue weighted by molar-refractivity contribution is 6.31. The first-order chi connectivity index (χ1) is 19.8. The average molecular weight is 603 g/mol. The van der Waals surface area contributed by atoms with Gasteiger partial charge >= 0.3 is 0 Å². The van der Waals surface area contributed by atoms with Gasteiger partial charge in [0.25, 0.3) is 5.91 Å². The number of halogens is 3. The number of nitrogens with one attached hydrogen (secondary N) is 1. The highest BCUT2D eigenvalue weighted by Crippen LogP contribution is 2.25. The number of carbonyl (C=O) groups is 1. The van der Waals surface area contributed by atoms with E-state index in [1.54, 1.807) is 24.3 Å². The maximum atomic E-state index is 14.2. The number of nitrogens with zero attached hydrogens (tertiary/aromatic N) is 8. The fourth-order valence-electron chi connectivity index (χ4n) is 4.13. The molecule has 16 heteroatoms. The predicted octanol–water partition coefficient (Wildman–Crippen LogP) is 2.77. The molecule has 2 aromatic carbocycles. The number of anilines is 1. The minimum Gasteiger partial charge on any atom is -0.488 e. The van der Waals surface area contributed by atoms with Gasteiger partial charge in [-0.2, -0.15) is 9.78 Å². The number of nitrogen functional groups attached to an aromatic ring is 1. The standard InChI is InChI=1S/C25H25Cl2FN10O3/c1-36-7-9-37(10-8-36)13-20-22(31-35-38(20)24-23(29)33-41-34-24)25(39)32-30-12-15-11-16(26)5-6-21(15)40-14-17-18(27)3-2-4-19(17)28/h2-6,11-12H,7-10,13-14H2,1H3,(H2,29,33)(H,32,39). The number of piperazine rings is 1. The Kier molecular flexibility index (Phi) is 8.73. The van der Waals surface area contributed by atoms with Crippen molar-refractivity contribution in [3.05, 3.63) is 74.8 Å². The molecule has 13 nitrogen and oxygen atoms in total. The third kappa shape index (κ3) is 6.62. The molecule has 0 bridgehead atoms. The van der Waals surface area contributed by atoms with E-state index in [0.29, 0.717) is 28.6 Å². The summed E-state index contributed by atoms with van der Waals surface area (Å²) in [5.74, 6) is -0.626. The van der Waals surface area contributed by atoms with Gasteiger partial charge in [0.15, 0.2) is 5.69 Å². The Balaban J connectivity index is 1.34. The van der Waals surface area contributed by atoms with E-state index in [0.717, 1.165) is 26.2 Å². The summed E-state index contributed by atoms with van der Waals surface area (Å²) in [5.41, 5.74) is 9.45. The summed E-state index contributed by atoms with van der Waals surface area (Å²) in [6.07, 6.45) is 1.35. The molecule has 0 unspecified atom stereocenters. The number of carbonyl (C=O) groups excluding carboxylic acids is 1. The van der Waals surface area contributed by atoms with Gasteiger partial charge in [-0.15, -0.1) is 5.10 Å². The van der Waals surface area contributed by atoms with Gasteiger partial charge < -0.3 is 15.4 Å². The van der Waals surface area contributed by atoms with Gasteiger partial charge in [0, 0.05) is 48.9 Å². The third-order valence-electron chi connectivity index (χ3n) is 6.42. The van der Waals surface area contributed by atoms with Crippen molar-refractivity contribution in [1.82, 2.24) is 40.5 Å². The minimum absolute atomic E-state index is 0.00432. The van der Waals surface area contributed by atoms with Crippen LogP contribution in [0.5, 0.6) is 5.75 Å². The van der Waals surface area contributed by atoms with Crippen molar-refractivity contribution in [2.45, 2.75) is 13.2 Å². The quantitative estimate of drug-likeness (QED) is 0.216. The van der Waals surface area contributed by atoms with Crippen LogP contribution in [0.15, 0.2) is 46.1 Å². The Hall–Kier alpha value is -4.11. The summed E-state index contributed by atoms with van der Waals surface area (Å²) in [4.78, 5) is 17.6. The lowest BCUT2D eigenvalue weighted by molar-refractivity contribution is 0.0946. The molecule has 0 radical (unpaired) electrons. The molecule has 1 aliphatic rings. The van der Waals surface area contributed by atoms with Crippen LogP contribution in [0.1, 0.15) is 27.3 Å². The topological polar surface area (TPSA) is 153 Å². The molecule has 0 aliphatic carbocycles. The van der Waals surface area contributed by atoms with Crippen LogP contribution in [0.3, 0.4) is 0 Å². The number of ether oxygens (including phenoxy) is 1. The SMILES string of the molecule is CN1CCN(Cc2c(C(=O)NN=Cc3cc(Cl)ccc3OCc3c(F)cccc3Cl)nnn2-c2nonc2N)CC1. The number of hydrogen-bond acceptors (Lipinski definition) is 11. The maximum Gasteiger partial charge on any atom is 0.293 e. The number of aromatic nitrogens is 5. The van der Waals surface area contributed by atoms with Crippen molar-refractivity contribution in [2.75, 3.05) is 39.0 Å². The van der Waals surface area contributed by atoms with Gasteiger partial charge in [-0.1, -0.05) is 34.5 Å². The highest BCUT2D eigenvalue weighted by atomic mass is 35.5. The van der Waals surface area contributed by atoms with Crippen molar-refractivity contribution < 1.29 is 18.6 Å². The van der Waals surface area contributed by atoms with Gasteiger partial charge in [-0.25, -0.2) is 14.4 Å². The second-order valence-electron chi connectivity index (χ2n) is 9.22. The summed E-state index contributed by atoms with van der Waals surface area (Å²) >= 11 is 12.3. The minimum atomic E-state index is -0.616. The zero-order chi connectivity index (χ0) is 28.9. The molecular weight excluding hydrogens is 578 g/mol. The third-order valence-corrected chi connectivity index (χ3v) is 7.01. The van der Waals surface area contributed by atoms with Gasteiger partial charge in [0.2, 0.25) is 11.6 Å². The smallest absolute Gasteiger partial charge is 0.293 e. The molecule has 0 saturated carbocycles. The highest BCUT2D eigenvalue weighted by Gasteiger charge is 2.26. The lowest BCUT2D eigenvalue weighted by Crippen LogP contribution is -2.44. The number of hydrazone groups is 1. The van der Waals surface area contributed by atoms with Crippen LogP contribution in [-0.4, -0.2) is 80.5 Å². The van der Waals surface area contributed by atoms with E-state index >= 15 is 0 Å². The largest absolute Gasteiger partial charge is 0.488 e. The van der Waals surface area contributed by atoms with Crippen molar-refractivity contribution in [3.63, 3.8) is 0 Å². The Morgan fingerprint density at radius 3 is 2.76 bits per heavy atom. The zero-order valence-corrected chi connectivity index (χ0v) is 23.3. The van der Waals surface area contributed by atoms with E-state index in [4.69, 9.17) is 38.3 Å². The van der Waals surface area contributed by atoms with Crippen LogP contribution < -0.4 is 15.9 Å². The predicted molar refractivity (Wildman–Crippen MR) is 149 cm³/mol. The monoisotopic (exact) mass is 602 g/mol. The van der Waals surface area contributed by atoms with Crippen LogP contribution in [0.25, 0.3) is 5.82 Å². The molecule has 0 atom stereocenters. The molecule has 2 aromatic heterocycles. The molecule has 1 amide bonds. The van der Waals surface area contributed by atoms with E-state index in [-0.39, 0.29) is 34.5 Å². The van der Waals surface area contributed by atoms with Crippen molar-refractivity contribution in [1.29, 1.82) is 0 Å². The van der Waals surface area contributed by atoms with E-state index in [9.17, 15) is 9.18 Å². The number of benzene rings is 2. The van der Waals surface area contributed by atoms with E-state index in [1.165, 1.54) is 23.0 Å². The second-order valence-corrected chi connectivity index (χ2v) is 10.1. The van der Waals surface area contributed by atoms with Crippen molar-refractivity contribution >= 4 is 41.1 Å². The summed E-state index contributed by atoms with van der Waals surface area (Å²) in [7, 11) is 2.05. The van der Waals surface area contributed by atoms with Crippen LogP contribution in [-0.2, 0) is 13.2 Å². The fraction of sp³-hybridized carbons (Fsp3) is 0.280. The van der Waals surface area contributed by atoms with Crippen molar-refractivity contribution in [2.24, 2.45) is 5.10 Å². The molecule has 0 spiro atoms. The molecule has 4 aromatic rings. The number of hydrogen-bond donors (Lipinski definition) is 2. The summed E-state index contributed by atoms with van der Waals surface area (Å²) in [6.45, 7) is 3.53. The van der Waals surface area contributed by atoms with E-state index in [1.807, 2.05) is 7.05 Å². The number of amides is 1. The molecule has 1 saturated heterocycles. The Bertz CT molecular complexity index is 1550. The Labute approximate surface area is 243 Å². The zero-order valence-electron chi connectivity index (χ0n) is 21.8. The molecular formula is C25H25Cl2FN10O3. The molecule has 1 aliphatic heterocycles. The first kappa shape index (κ1) is 28.4. The van der Waals surface area contributed by atoms with Crippen molar-refractivity contribution in [3.8, 4) is 11.6 Å². The first-order valence-electron chi connectivity index (χ1n) is 12.4. The Morgan fingerprint density at radius 2 is 2.02 bits per heavy atom. The van der Waals surface area contributed by atoms with Gasteiger partial charge in [-0.3, -0.25) is 9.69 Å². The lowest BCUT2D eigenvalue weighted by atomic mass is 10.2. The molecule has 1 fully saturated rings. The number of rotatable bonds is 9. The maximum absolute atomic E-state index is 14.2. The number of nitrogens with two attached hydrogens (primary N) is 1. The van der Waals surface area contributed by atoms with Gasteiger partial charge in [-0.05, 0) is 47.7 Å². The summed E-state index contributed by atoms with van der Waals surface area (Å²) in [5, 5.41) is 20.2. The van der Waals surface area contributed by atoms with Gasteiger partial charge in [0.05, 0.1) is 16.9 Å². The summed E-state index contributed by atoms with van der Waals surface area (Å²) < 4.78 is 26.0. The first-order valence-corrected chi connectivity index (χ1v) is 13.2. The van der Waals surface area contributed by atoms with Crippen LogP contribution in [0, 0.1) is 5.82 Å². The number of likely N-dealkylation sites (N-methyl/N-ethyl adjacent to an activating group) is 1. The van der Waals surface area contributed by atoms with Gasteiger partial charge in [0.1, 0.15) is 18.2 Å².